The minimum Gasteiger partial charge on any atom is -0.493 e. The molecule has 2 aromatic heterocycles. The number of morpholine rings is 1. The van der Waals surface area contributed by atoms with E-state index in [1.807, 2.05) is 47.3 Å². The standard InChI is InChI=1S/C32H35N7O3/c1-23-7-9-24(10-8-23)20-39-21-29(36-37-39)25-5-3-6-26(17-25)35-32-27-18-31(30(40-2)19-28(27)33-22-34-32)42-14-4-11-38-12-15-41-16-13-38/h3,5-10,17-19,21-22H,4,11-16,20H2,1-2H3,(H,33,34,35). The lowest BCUT2D eigenvalue weighted by atomic mass is 10.1. The van der Waals surface area contributed by atoms with E-state index >= 15 is 0 Å². The van der Waals surface area contributed by atoms with Crippen molar-refractivity contribution >= 4 is 22.4 Å². The molecule has 3 aromatic carbocycles. The van der Waals surface area contributed by atoms with Crippen LogP contribution in [-0.4, -0.2) is 76.4 Å². The molecule has 0 spiro atoms. The maximum Gasteiger partial charge on any atom is 0.162 e. The third-order valence-electron chi connectivity index (χ3n) is 7.33. The fourth-order valence-electron chi connectivity index (χ4n) is 5.01. The lowest BCUT2D eigenvalue weighted by molar-refractivity contribution is 0.0357. The Morgan fingerprint density at radius 1 is 0.976 bits per heavy atom. The van der Waals surface area contributed by atoms with Crippen LogP contribution in [0.3, 0.4) is 0 Å². The number of ether oxygens (including phenoxy) is 3. The van der Waals surface area contributed by atoms with Crippen molar-refractivity contribution in [2.75, 3.05) is 51.9 Å². The monoisotopic (exact) mass is 565 g/mol. The normalized spacial score (nSPS) is 13.8. The van der Waals surface area contributed by atoms with Crippen LogP contribution in [0, 0.1) is 6.92 Å². The Morgan fingerprint density at radius 2 is 1.83 bits per heavy atom. The highest BCUT2D eigenvalue weighted by Crippen LogP contribution is 2.35. The van der Waals surface area contributed by atoms with E-state index in [9.17, 15) is 0 Å². The first-order chi connectivity index (χ1) is 20.6. The maximum atomic E-state index is 6.18. The van der Waals surface area contributed by atoms with Crippen LogP contribution in [0.25, 0.3) is 22.2 Å². The van der Waals surface area contributed by atoms with Crippen LogP contribution in [0.4, 0.5) is 11.5 Å². The average molecular weight is 566 g/mol. The summed E-state index contributed by atoms with van der Waals surface area (Å²) in [5.74, 6) is 2.00. The summed E-state index contributed by atoms with van der Waals surface area (Å²) in [5, 5.41) is 13.1. The number of anilines is 2. The molecule has 0 saturated carbocycles. The second-order valence-electron chi connectivity index (χ2n) is 10.4. The second-order valence-corrected chi connectivity index (χ2v) is 10.4. The van der Waals surface area contributed by atoms with Gasteiger partial charge in [-0.05, 0) is 37.1 Å². The lowest BCUT2D eigenvalue weighted by Gasteiger charge is -2.26. The fraction of sp³-hybridized carbons (Fsp3) is 0.312. The summed E-state index contributed by atoms with van der Waals surface area (Å²) in [7, 11) is 1.64. The van der Waals surface area contributed by atoms with Gasteiger partial charge in [0.25, 0.3) is 0 Å². The van der Waals surface area contributed by atoms with Crippen LogP contribution in [0.15, 0.2) is 73.2 Å². The maximum absolute atomic E-state index is 6.18. The van der Waals surface area contributed by atoms with E-state index in [0.717, 1.165) is 67.1 Å². The smallest absolute Gasteiger partial charge is 0.162 e. The van der Waals surface area contributed by atoms with Gasteiger partial charge in [-0.2, -0.15) is 0 Å². The molecule has 5 aromatic rings. The number of hydrogen-bond donors (Lipinski definition) is 1. The molecular formula is C32H35N7O3. The van der Waals surface area contributed by atoms with Gasteiger partial charge in [0.1, 0.15) is 17.8 Å². The molecule has 0 aliphatic carbocycles. The Kier molecular flexibility index (Phi) is 8.53. The Bertz CT molecular complexity index is 1630. The zero-order valence-corrected chi connectivity index (χ0v) is 24.0. The van der Waals surface area contributed by atoms with Crippen molar-refractivity contribution in [3.05, 3.63) is 84.3 Å². The van der Waals surface area contributed by atoms with Gasteiger partial charge in [0, 0.05) is 42.3 Å². The summed E-state index contributed by atoms with van der Waals surface area (Å²) in [6.07, 6.45) is 4.43. The molecule has 0 atom stereocenters. The van der Waals surface area contributed by atoms with Crippen LogP contribution in [-0.2, 0) is 11.3 Å². The number of aryl methyl sites for hydroxylation is 1. The molecule has 1 fully saturated rings. The minimum atomic E-state index is 0.586. The molecule has 1 aliphatic rings. The molecule has 0 bridgehead atoms. The molecule has 0 radical (unpaired) electrons. The zero-order chi connectivity index (χ0) is 28.7. The number of aromatic nitrogens is 5. The highest BCUT2D eigenvalue weighted by atomic mass is 16.5. The van der Waals surface area contributed by atoms with E-state index in [1.54, 1.807) is 13.4 Å². The summed E-state index contributed by atoms with van der Waals surface area (Å²) in [4.78, 5) is 11.4. The topological polar surface area (TPSA) is 99.5 Å². The van der Waals surface area contributed by atoms with E-state index < -0.39 is 0 Å². The van der Waals surface area contributed by atoms with Gasteiger partial charge in [0.2, 0.25) is 0 Å². The van der Waals surface area contributed by atoms with E-state index in [1.165, 1.54) is 11.1 Å². The van der Waals surface area contributed by atoms with Crippen LogP contribution in [0.1, 0.15) is 17.5 Å². The van der Waals surface area contributed by atoms with Crippen molar-refractivity contribution < 1.29 is 14.2 Å². The number of benzene rings is 3. The van der Waals surface area contributed by atoms with Crippen LogP contribution >= 0.6 is 0 Å². The molecule has 10 nitrogen and oxygen atoms in total. The van der Waals surface area contributed by atoms with Gasteiger partial charge < -0.3 is 19.5 Å². The summed E-state index contributed by atoms with van der Waals surface area (Å²) in [6.45, 7) is 7.85. The highest BCUT2D eigenvalue weighted by Gasteiger charge is 2.14. The van der Waals surface area contributed by atoms with Gasteiger partial charge in [-0.25, -0.2) is 14.6 Å². The number of hydrogen-bond acceptors (Lipinski definition) is 9. The first kappa shape index (κ1) is 27.6. The number of nitrogens with one attached hydrogen (secondary N) is 1. The van der Waals surface area contributed by atoms with E-state index in [2.05, 4.69) is 61.7 Å². The molecule has 6 rings (SSSR count). The zero-order valence-electron chi connectivity index (χ0n) is 24.0. The SMILES string of the molecule is COc1cc2ncnc(Nc3cccc(-c4cn(Cc5ccc(C)cc5)nn4)c3)c2cc1OCCCN1CCOCC1. The first-order valence-corrected chi connectivity index (χ1v) is 14.2. The molecule has 3 heterocycles. The van der Waals surface area contributed by atoms with E-state index in [-0.39, 0.29) is 0 Å². The van der Waals surface area contributed by atoms with E-state index in [4.69, 9.17) is 14.2 Å². The van der Waals surface area contributed by atoms with Gasteiger partial charge in [0.15, 0.2) is 11.5 Å². The Hall–Kier alpha value is -4.54. The number of rotatable bonds is 11. The van der Waals surface area contributed by atoms with Crippen molar-refractivity contribution in [2.45, 2.75) is 19.9 Å². The fourth-order valence-corrected chi connectivity index (χ4v) is 5.01. The Balaban J connectivity index is 1.17. The Morgan fingerprint density at radius 3 is 2.67 bits per heavy atom. The molecule has 216 valence electrons. The molecule has 0 unspecified atom stereocenters. The largest absolute Gasteiger partial charge is 0.493 e. The summed E-state index contributed by atoms with van der Waals surface area (Å²) in [6, 6.07) is 20.3. The molecule has 0 amide bonds. The van der Waals surface area contributed by atoms with Crippen molar-refractivity contribution in [1.29, 1.82) is 0 Å². The summed E-state index contributed by atoms with van der Waals surface area (Å²) in [5.41, 5.74) is 5.82. The quantitative estimate of drug-likeness (QED) is 0.219. The minimum absolute atomic E-state index is 0.586. The van der Waals surface area contributed by atoms with Gasteiger partial charge in [-0.3, -0.25) is 4.90 Å². The van der Waals surface area contributed by atoms with Crippen LogP contribution < -0.4 is 14.8 Å². The molecule has 1 saturated heterocycles. The number of methoxy groups -OCH3 is 1. The van der Waals surface area contributed by atoms with Gasteiger partial charge in [0.05, 0.1) is 45.2 Å². The second kappa shape index (κ2) is 13.0. The predicted molar refractivity (Wildman–Crippen MR) is 162 cm³/mol. The van der Waals surface area contributed by atoms with Crippen LogP contribution in [0.5, 0.6) is 11.5 Å². The average Bonchev–Trinajstić information content (AvgIpc) is 3.49. The highest BCUT2D eigenvalue weighted by molar-refractivity contribution is 5.93. The number of fused-ring (bicyclic) bond motifs is 1. The molecular weight excluding hydrogens is 530 g/mol. The third-order valence-corrected chi connectivity index (χ3v) is 7.33. The van der Waals surface area contributed by atoms with Crippen molar-refractivity contribution in [1.82, 2.24) is 29.9 Å². The summed E-state index contributed by atoms with van der Waals surface area (Å²) < 4.78 is 19.1. The van der Waals surface area contributed by atoms with Crippen molar-refractivity contribution in [3.8, 4) is 22.8 Å². The van der Waals surface area contributed by atoms with Gasteiger partial charge in [-0.1, -0.05) is 47.2 Å². The van der Waals surface area contributed by atoms with E-state index in [0.29, 0.717) is 30.5 Å². The van der Waals surface area contributed by atoms with Crippen LogP contribution in [0.2, 0.25) is 0 Å². The van der Waals surface area contributed by atoms with Gasteiger partial charge in [-0.15, -0.1) is 5.10 Å². The van der Waals surface area contributed by atoms with Crippen molar-refractivity contribution in [2.24, 2.45) is 0 Å². The first-order valence-electron chi connectivity index (χ1n) is 14.2. The molecule has 1 aliphatic heterocycles. The Labute approximate surface area is 245 Å². The third kappa shape index (κ3) is 6.67. The molecule has 10 heteroatoms. The lowest BCUT2D eigenvalue weighted by Crippen LogP contribution is -2.37. The molecule has 1 N–H and O–H groups in total. The summed E-state index contributed by atoms with van der Waals surface area (Å²) >= 11 is 0. The molecule has 42 heavy (non-hydrogen) atoms. The van der Waals surface area contributed by atoms with Gasteiger partial charge >= 0.3 is 0 Å². The number of nitrogens with zero attached hydrogens (tertiary/aromatic N) is 6. The van der Waals surface area contributed by atoms with Crippen molar-refractivity contribution in [3.63, 3.8) is 0 Å². The predicted octanol–water partition coefficient (Wildman–Crippen LogP) is 5.10.